The van der Waals surface area contributed by atoms with E-state index < -0.39 is 0 Å². The first kappa shape index (κ1) is 19.7. The third-order valence-corrected chi connectivity index (χ3v) is 6.80. The van der Waals surface area contributed by atoms with Crippen LogP contribution in [0.5, 0.6) is 0 Å². The predicted octanol–water partition coefficient (Wildman–Crippen LogP) is 4.16. The van der Waals surface area contributed by atoms with Gasteiger partial charge < -0.3 is 5.73 Å². The summed E-state index contributed by atoms with van der Waals surface area (Å²) < 4.78 is 4.14. The zero-order valence-electron chi connectivity index (χ0n) is 16.3. The Morgan fingerprint density at radius 1 is 1.10 bits per heavy atom. The summed E-state index contributed by atoms with van der Waals surface area (Å²) in [6.07, 6.45) is 0.886. The molecule has 1 aliphatic rings. The van der Waals surface area contributed by atoms with E-state index in [0.717, 1.165) is 38.4 Å². The van der Waals surface area contributed by atoms with Crippen molar-refractivity contribution in [3.8, 4) is 11.3 Å². The second-order valence-electron chi connectivity index (χ2n) is 6.61. The van der Waals surface area contributed by atoms with Crippen LogP contribution in [0, 0.1) is 6.92 Å². The Morgan fingerprint density at radius 3 is 2.59 bits per heavy atom. The highest BCUT2D eigenvalue weighted by Gasteiger charge is 2.30. The Morgan fingerprint density at radius 2 is 1.86 bits per heavy atom. The fourth-order valence-electron chi connectivity index (χ4n) is 3.24. The van der Waals surface area contributed by atoms with E-state index >= 15 is 0 Å². The van der Waals surface area contributed by atoms with Crippen molar-refractivity contribution in [2.45, 2.75) is 17.6 Å². The lowest BCUT2D eigenvalue weighted by Crippen LogP contribution is -2.49. The third kappa shape index (κ3) is 4.07. The number of urea groups is 1. The molecule has 3 heterocycles. The monoisotopic (exact) mass is 426 g/mol. The summed E-state index contributed by atoms with van der Waals surface area (Å²) in [6.45, 7) is 3.33. The number of nitrogens with two attached hydrogens (primary N) is 1. The lowest BCUT2D eigenvalue weighted by Gasteiger charge is -2.34. The number of nitrogens with zero attached hydrogens (tertiary/aromatic N) is 4. The van der Waals surface area contributed by atoms with Gasteiger partial charge in [0.15, 0.2) is 5.13 Å². The molecule has 0 saturated carbocycles. The van der Waals surface area contributed by atoms with Crippen molar-refractivity contribution in [1.82, 2.24) is 14.7 Å². The highest BCUT2D eigenvalue weighted by molar-refractivity contribution is 7.99. The Labute approximate surface area is 178 Å². The maximum absolute atomic E-state index is 13.2. The average Bonchev–Trinajstić information content (AvgIpc) is 3.09. The topological polar surface area (TPSA) is 87.4 Å². The molecule has 9 heteroatoms. The number of aromatic nitrogens is 2. The van der Waals surface area contributed by atoms with Gasteiger partial charge in [0.2, 0.25) is 0 Å². The molecule has 0 spiro atoms. The third-order valence-electron chi connectivity index (χ3n) is 4.64. The number of rotatable bonds is 5. The largest absolute Gasteiger partial charge is 0.384 e. The number of nitrogen functional groups attached to an aromatic ring is 1. The SMILES string of the molecule is CNSc1sc(N2CCCN(c3ccc(-c4cccc(N)n4)cc3)C2=O)nc1C. The number of anilines is 3. The van der Waals surface area contributed by atoms with Crippen LogP contribution in [0.3, 0.4) is 0 Å². The van der Waals surface area contributed by atoms with Crippen LogP contribution in [0.15, 0.2) is 46.7 Å². The summed E-state index contributed by atoms with van der Waals surface area (Å²) in [5.74, 6) is 0.489. The van der Waals surface area contributed by atoms with Crippen molar-refractivity contribution in [1.29, 1.82) is 0 Å². The van der Waals surface area contributed by atoms with Crippen LogP contribution in [0.1, 0.15) is 12.1 Å². The van der Waals surface area contributed by atoms with Crippen LogP contribution in [0.25, 0.3) is 11.3 Å². The molecule has 3 aromatic rings. The van der Waals surface area contributed by atoms with Gasteiger partial charge in [0.05, 0.1) is 15.6 Å². The molecule has 150 valence electrons. The minimum Gasteiger partial charge on any atom is -0.384 e. The van der Waals surface area contributed by atoms with Crippen molar-refractivity contribution < 1.29 is 4.79 Å². The number of carbonyl (C=O) groups is 1. The second kappa shape index (κ2) is 8.40. The Bertz CT molecular complexity index is 1020. The number of carbonyl (C=O) groups excluding carboxylic acids is 1. The van der Waals surface area contributed by atoms with Gasteiger partial charge >= 0.3 is 6.03 Å². The molecular weight excluding hydrogens is 404 g/mol. The predicted molar refractivity (Wildman–Crippen MR) is 121 cm³/mol. The number of aryl methyl sites for hydroxylation is 1. The van der Waals surface area contributed by atoms with Gasteiger partial charge in [-0.1, -0.05) is 29.5 Å². The number of amides is 2. The summed E-state index contributed by atoms with van der Waals surface area (Å²) in [7, 11) is 1.88. The van der Waals surface area contributed by atoms with Crippen molar-refractivity contribution in [3.05, 3.63) is 48.2 Å². The fourth-order valence-corrected chi connectivity index (χ4v) is 5.08. The Balaban J connectivity index is 1.55. The summed E-state index contributed by atoms with van der Waals surface area (Å²) in [5, 5.41) is 0.746. The van der Waals surface area contributed by atoms with Gasteiger partial charge in [-0.15, -0.1) is 0 Å². The first-order chi connectivity index (χ1) is 14.1. The molecule has 4 rings (SSSR count). The van der Waals surface area contributed by atoms with Gasteiger partial charge in [0.25, 0.3) is 0 Å². The molecule has 29 heavy (non-hydrogen) atoms. The molecule has 0 unspecified atom stereocenters. The van der Waals surface area contributed by atoms with Gasteiger partial charge in [0, 0.05) is 24.3 Å². The molecule has 1 aromatic carbocycles. The van der Waals surface area contributed by atoms with Gasteiger partial charge in [-0.2, -0.15) is 0 Å². The highest BCUT2D eigenvalue weighted by Crippen LogP contribution is 2.34. The smallest absolute Gasteiger partial charge is 0.330 e. The number of nitrogens with one attached hydrogen (secondary N) is 1. The molecule has 3 N–H and O–H groups in total. The molecule has 0 radical (unpaired) electrons. The number of hydrogen-bond acceptors (Lipinski definition) is 7. The number of thiazole rings is 1. The van der Waals surface area contributed by atoms with E-state index in [9.17, 15) is 4.79 Å². The minimum atomic E-state index is -0.0409. The van der Waals surface area contributed by atoms with E-state index in [1.165, 1.54) is 11.9 Å². The zero-order valence-corrected chi connectivity index (χ0v) is 17.9. The van der Waals surface area contributed by atoms with Crippen LogP contribution in [0.4, 0.5) is 21.4 Å². The highest BCUT2D eigenvalue weighted by atomic mass is 32.2. The van der Waals surface area contributed by atoms with E-state index in [1.54, 1.807) is 22.3 Å². The van der Waals surface area contributed by atoms with Gasteiger partial charge in [-0.25, -0.2) is 14.8 Å². The van der Waals surface area contributed by atoms with Crippen LogP contribution in [-0.4, -0.2) is 36.1 Å². The van der Waals surface area contributed by atoms with E-state index in [-0.39, 0.29) is 6.03 Å². The molecule has 7 nitrogen and oxygen atoms in total. The standard InChI is InChI=1S/C20H22N6OS2/c1-13-18(29-22-2)28-19(23-13)26-12-4-11-25(20(26)27)15-9-7-14(8-10-15)16-5-3-6-17(21)24-16/h3,5-10,22H,4,11-12H2,1-2H3,(H2,21,24). The van der Waals surface area contributed by atoms with E-state index in [1.807, 2.05) is 55.3 Å². The molecule has 2 amide bonds. The summed E-state index contributed by atoms with van der Waals surface area (Å²) in [4.78, 5) is 25.7. The number of pyridine rings is 1. The van der Waals surface area contributed by atoms with Crippen LogP contribution in [0.2, 0.25) is 0 Å². The Hall–Kier alpha value is -2.62. The maximum Gasteiger partial charge on any atom is 0.330 e. The van der Waals surface area contributed by atoms with Crippen molar-refractivity contribution in [2.24, 2.45) is 0 Å². The first-order valence-electron chi connectivity index (χ1n) is 9.30. The molecule has 1 saturated heterocycles. The van der Waals surface area contributed by atoms with Gasteiger partial charge in [-0.3, -0.25) is 14.5 Å². The first-order valence-corrected chi connectivity index (χ1v) is 10.9. The van der Waals surface area contributed by atoms with Gasteiger partial charge in [-0.05, 0) is 56.6 Å². The van der Waals surface area contributed by atoms with Gasteiger partial charge in [0.1, 0.15) is 5.82 Å². The Kier molecular flexibility index (Phi) is 5.70. The second-order valence-corrected chi connectivity index (χ2v) is 8.87. The molecule has 2 aromatic heterocycles. The maximum atomic E-state index is 13.2. The van der Waals surface area contributed by atoms with Crippen LogP contribution < -0.4 is 20.3 Å². The van der Waals surface area contributed by atoms with E-state index in [4.69, 9.17) is 5.73 Å². The van der Waals surface area contributed by atoms with E-state index in [2.05, 4.69) is 14.7 Å². The van der Waals surface area contributed by atoms with Crippen LogP contribution >= 0.6 is 23.3 Å². The molecule has 0 aliphatic carbocycles. The normalized spacial score (nSPS) is 14.5. The minimum absolute atomic E-state index is 0.0409. The summed E-state index contributed by atoms with van der Waals surface area (Å²) in [6, 6.07) is 13.4. The van der Waals surface area contributed by atoms with Crippen molar-refractivity contribution in [3.63, 3.8) is 0 Å². The molecule has 0 bridgehead atoms. The molecule has 0 atom stereocenters. The van der Waals surface area contributed by atoms with Crippen molar-refractivity contribution >= 4 is 46.0 Å². The lowest BCUT2D eigenvalue weighted by molar-refractivity contribution is 0.248. The average molecular weight is 427 g/mol. The quantitative estimate of drug-likeness (QED) is 0.596. The summed E-state index contributed by atoms with van der Waals surface area (Å²) >= 11 is 3.07. The summed E-state index contributed by atoms with van der Waals surface area (Å²) in [5.41, 5.74) is 9.37. The molecular formula is C20H22N6OS2. The van der Waals surface area contributed by atoms with Crippen LogP contribution in [-0.2, 0) is 0 Å². The molecule has 1 aliphatic heterocycles. The zero-order chi connectivity index (χ0) is 20.4. The van der Waals surface area contributed by atoms with Crippen molar-refractivity contribution in [2.75, 3.05) is 35.7 Å². The lowest BCUT2D eigenvalue weighted by atomic mass is 10.1. The number of benzene rings is 1. The number of hydrogen-bond donors (Lipinski definition) is 2. The van der Waals surface area contributed by atoms with E-state index in [0.29, 0.717) is 18.9 Å². The fraction of sp³-hybridized carbons (Fsp3) is 0.250. The molecule has 1 fully saturated rings.